The van der Waals surface area contributed by atoms with Crippen LogP contribution in [0.2, 0.25) is 0 Å². The minimum Gasteiger partial charge on any atom is -0.507 e. The molecule has 0 radical (unpaired) electrons. The lowest BCUT2D eigenvalue weighted by Gasteiger charge is -2.25. The van der Waals surface area contributed by atoms with Gasteiger partial charge in [-0.2, -0.15) is 0 Å². The Labute approximate surface area is 156 Å². The van der Waals surface area contributed by atoms with Gasteiger partial charge in [0, 0.05) is 23.2 Å². The van der Waals surface area contributed by atoms with Gasteiger partial charge in [-0.15, -0.1) is 0 Å². The predicted octanol–water partition coefficient (Wildman–Crippen LogP) is 4.97. The second kappa shape index (κ2) is 6.51. The van der Waals surface area contributed by atoms with Gasteiger partial charge in [0.05, 0.1) is 0 Å². The molecule has 0 bridgehead atoms. The van der Waals surface area contributed by atoms with Gasteiger partial charge in [-0.1, -0.05) is 32.9 Å². The minimum atomic E-state index is -0.0247. The molecule has 4 heteroatoms. The number of ether oxygens (including phenoxy) is 2. The summed E-state index contributed by atoms with van der Waals surface area (Å²) < 4.78 is 10.9. The molecule has 0 fully saturated rings. The zero-order valence-corrected chi connectivity index (χ0v) is 16.6. The first-order chi connectivity index (χ1) is 12.0. The standard InChI is InChI=1S/C22H29NO3/c1-21(2,3)16-9-15(12-23-22(4,5)6)20(24)17(11-16)14-7-8-18-19(10-14)26-13-25-18/h7-11,23-24H,12-13H2,1-6H3. The summed E-state index contributed by atoms with van der Waals surface area (Å²) in [5, 5.41) is 14.4. The Bertz CT molecular complexity index is 813. The van der Waals surface area contributed by atoms with Crippen LogP contribution in [-0.4, -0.2) is 17.4 Å². The number of nitrogens with one attached hydrogen (secondary N) is 1. The minimum absolute atomic E-state index is 0.0186. The van der Waals surface area contributed by atoms with Crippen LogP contribution in [0.15, 0.2) is 30.3 Å². The summed E-state index contributed by atoms with van der Waals surface area (Å²) in [5.74, 6) is 1.78. The molecule has 2 aromatic carbocycles. The number of phenols is 1. The van der Waals surface area contributed by atoms with Crippen LogP contribution in [-0.2, 0) is 12.0 Å². The van der Waals surface area contributed by atoms with Crippen LogP contribution in [0.25, 0.3) is 11.1 Å². The normalized spacial score (nSPS) is 13.9. The van der Waals surface area contributed by atoms with Gasteiger partial charge >= 0.3 is 0 Å². The summed E-state index contributed by atoms with van der Waals surface area (Å²) in [7, 11) is 0. The van der Waals surface area contributed by atoms with E-state index in [-0.39, 0.29) is 17.7 Å². The topological polar surface area (TPSA) is 50.7 Å². The van der Waals surface area contributed by atoms with Crippen molar-refractivity contribution in [1.29, 1.82) is 0 Å². The Hall–Kier alpha value is -2.20. The average molecular weight is 355 g/mol. The SMILES string of the molecule is CC(C)(C)NCc1cc(C(C)(C)C)cc(-c2ccc3c(c2)OCO3)c1O. The lowest BCUT2D eigenvalue weighted by molar-refractivity contribution is 0.174. The molecule has 4 nitrogen and oxygen atoms in total. The van der Waals surface area contributed by atoms with E-state index in [0.29, 0.717) is 12.3 Å². The highest BCUT2D eigenvalue weighted by molar-refractivity contribution is 5.75. The first kappa shape index (κ1) is 18.6. The molecular formula is C22H29NO3. The largest absolute Gasteiger partial charge is 0.507 e. The molecule has 1 heterocycles. The Morgan fingerprint density at radius 3 is 2.31 bits per heavy atom. The lowest BCUT2D eigenvalue weighted by atomic mass is 9.83. The number of benzene rings is 2. The molecule has 0 atom stereocenters. The lowest BCUT2D eigenvalue weighted by Crippen LogP contribution is -2.35. The molecule has 1 aliphatic rings. The molecule has 26 heavy (non-hydrogen) atoms. The van der Waals surface area contributed by atoms with Crippen molar-refractivity contribution in [3.63, 3.8) is 0 Å². The van der Waals surface area contributed by atoms with E-state index in [1.54, 1.807) is 0 Å². The van der Waals surface area contributed by atoms with Gasteiger partial charge in [0.25, 0.3) is 0 Å². The Morgan fingerprint density at radius 2 is 1.65 bits per heavy atom. The summed E-state index contributed by atoms with van der Waals surface area (Å²) in [6, 6.07) is 9.98. The van der Waals surface area contributed by atoms with Crippen molar-refractivity contribution in [2.24, 2.45) is 0 Å². The molecule has 0 amide bonds. The maximum Gasteiger partial charge on any atom is 0.231 e. The molecule has 2 N–H and O–H groups in total. The van der Waals surface area contributed by atoms with E-state index in [0.717, 1.165) is 28.2 Å². The maximum atomic E-state index is 11.0. The Kier molecular flexibility index (Phi) is 4.65. The van der Waals surface area contributed by atoms with Crippen molar-refractivity contribution in [2.45, 2.75) is 59.0 Å². The molecule has 0 aromatic heterocycles. The van der Waals surface area contributed by atoms with Gasteiger partial charge in [-0.05, 0) is 55.5 Å². The molecule has 0 unspecified atom stereocenters. The molecule has 0 aliphatic carbocycles. The Morgan fingerprint density at radius 1 is 0.962 bits per heavy atom. The molecular weight excluding hydrogens is 326 g/mol. The predicted molar refractivity (Wildman–Crippen MR) is 105 cm³/mol. The highest BCUT2D eigenvalue weighted by Gasteiger charge is 2.22. The van der Waals surface area contributed by atoms with Crippen molar-refractivity contribution in [2.75, 3.05) is 6.79 Å². The van der Waals surface area contributed by atoms with Crippen LogP contribution in [0.3, 0.4) is 0 Å². The summed E-state index contributed by atoms with van der Waals surface area (Å²) >= 11 is 0. The highest BCUT2D eigenvalue weighted by atomic mass is 16.7. The highest BCUT2D eigenvalue weighted by Crippen LogP contribution is 2.41. The Balaban J connectivity index is 2.08. The van der Waals surface area contributed by atoms with Crippen LogP contribution in [0.1, 0.15) is 52.7 Å². The van der Waals surface area contributed by atoms with Gasteiger partial charge in [-0.25, -0.2) is 0 Å². The molecule has 1 aliphatic heterocycles. The molecule has 3 rings (SSSR count). The van der Waals surface area contributed by atoms with Gasteiger partial charge < -0.3 is 19.9 Å². The van der Waals surface area contributed by atoms with Crippen LogP contribution < -0.4 is 14.8 Å². The van der Waals surface area contributed by atoms with E-state index in [1.165, 1.54) is 5.56 Å². The first-order valence-corrected chi connectivity index (χ1v) is 9.06. The van der Waals surface area contributed by atoms with E-state index < -0.39 is 0 Å². The maximum absolute atomic E-state index is 11.0. The van der Waals surface area contributed by atoms with Crippen molar-refractivity contribution < 1.29 is 14.6 Å². The van der Waals surface area contributed by atoms with E-state index >= 15 is 0 Å². The monoisotopic (exact) mass is 355 g/mol. The van der Waals surface area contributed by atoms with E-state index in [9.17, 15) is 5.11 Å². The number of hydrogen-bond acceptors (Lipinski definition) is 4. The van der Waals surface area contributed by atoms with E-state index in [1.807, 2.05) is 18.2 Å². The quantitative estimate of drug-likeness (QED) is 0.816. The van der Waals surface area contributed by atoms with E-state index in [2.05, 4.69) is 59.0 Å². The number of aromatic hydroxyl groups is 1. The average Bonchev–Trinajstić information content (AvgIpc) is 2.99. The summed E-state index contributed by atoms with van der Waals surface area (Å²) in [4.78, 5) is 0. The summed E-state index contributed by atoms with van der Waals surface area (Å²) in [5.41, 5.74) is 3.79. The smallest absolute Gasteiger partial charge is 0.231 e. The van der Waals surface area contributed by atoms with Crippen LogP contribution in [0, 0.1) is 0 Å². The van der Waals surface area contributed by atoms with Gasteiger partial charge in [-0.3, -0.25) is 0 Å². The third-order valence-electron chi connectivity index (χ3n) is 4.55. The second-order valence-electron chi connectivity index (χ2n) is 8.95. The molecule has 0 saturated heterocycles. The van der Waals surface area contributed by atoms with Gasteiger partial charge in [0.2, 0.25) is 6.79 Å². The molecule has 140 valence electrons. The van der Waals surface area contributed by atoms with Crippen molar-refractivity contribution in [1.82, 2.24) is 5.32 Å². The van der Waals surface area contributed by atoms with Crippen LogP contribution in [0.4, 0.5) is 0 Å². The first-order valence-electron chi connectivity index (χ1n) is 9.06. The second-order valence-corrected chi connectivity index (χ2v) is 8.95. The molecule has 0 spiro atoms. The molecule has 0 saturated carbocycles. The zero-order chi connectivity index (χ0) is 19.1. The number of hydrogen-bond donors (Lipinski definition) is 2. The van der Waals surface area contributed by atoms with Crippen LogP contribution >= 0.6 is 0 Å². The fraction of sp³-hybridized carbons (Fsp3) is 0.455. The third kappa shape index (κ3) is 3.96. The number of rotatable bonds is 3. The van der Waals surface area contributed by atoms with Gasteiger partial charge in [0.1, 0.15) is 5.75 Å². The summed E-state index contributed by atoms with van der Waals surface area (Å²) in [6.07, 6.45) is 0. The van der Waals surface area contributed by atoms with Crippen molar-refractivity contribution >= 4 is 0 Å². The third-order valence-corrected chi connectivity index (χ3v) is 4.55. The fourth-order valence-electron chi connectivity index (χ4n) is 2.91. The zero-order valence-electron chi connectivity index (χ0n) is 16.6. The number of phenolic OH excluding ortho intramolecular Hbond substituents is 1. The van der Waals surface area contributed by atoms with E-state index in [4.69, 9.17) is 9.47 Å². The number of fused-ring (bicyclic) bond motifs is 1. The summed E-state index contributed by atoms with van der Waals surface area (Å²) in [6.45, 7) is 13.8. The van der Waals surface area contributed by atoms with Crippen molar-refractivity contribution in [3.05, 3.63) is 41.5 Å². The van der Waals surface area contributed by atoms with Crippen LogP contribution in [0.5, 0.6) is 17.2 Å². The molecule has 2 aromatic rings. The van der Waals surface area contributed by atoms with Gasteiger partial charge in [0.15, 0.2) is 11.5 Å². The fourth-order valence-corrected chi connectivity index (χ4v) is 2.91. The van der Waals surface area contributed by atoms with Crippen molar-refractivity contribution in [3.8, 4) is 28.4 Å².